The van der Waals surface area contributed by atoms with Crippen molar-refractivity contribution in [1.82, 2.24) is 19.1 Å². The SMILES string of the molecule is CCCCN(C)C(=O)C(CC)n1c2ccccc2c2nc(=O)cc(C)n21. The van der Waals surface area contributed by atoms with Crippen LogP contribution in [-0.4, -0.2) is 38.6 Å². The molecule has 0 fully saturated rings. The van der Waals surface area contributed by atoms with Gasteiger partial charge in [-0.25, -0.2) is 4.52 Å². The fourth-order valence-corrected chi connectivity index (χ4v) is 3.53. The molecule has 1 atom stereocenters. The number of aryl methyl sites for hydroxylation is 1. The molecule has 2 aromatic heterocycles. The largest absolute Gasteiger partial charge is 0.344 e. The van der Waals surface area contributed by atoms with Crippen molar-refractivity contribution in [2.24, 2.45) is 0 Å². The highest BCUT2D eigenvalue weighted by Gasteiger charge is 2.26. The number of amides is 1. The van der Waals surface area contributed by atoms with E-state index in [0.29, 0.717) is 12.1 Å². The average molecular weight is 354 g/mol. The molecule has 0 aliphatic rings. The highest BCUT2D eigenvalue weighted by Crippen LogP contribution is 2.27. The number of benzene rings is 1. The molecule has 0 bridgehead atoms. The van der Waals surface area contributed by atoms with Crippen molar-refractivity contribution in [3.63, 3.8) is 0 Å². The number of hydrogen-bond acceptors (Lipinski definition) is 3. The molecule has 0 spiro atoms. The Morgan fingerprint density at radius 1 is 1.27 bits per heavy atom. The van der Waals surface area contributed by atoms with Gasteiger partial charge in [-0.3, -0.25) is 14.3 Å². The number of aromatic nitrogens is 3. The lowest BCUT2D eigenvalue weighted by Crippen LogP contribution is -2.36. The van der Waals surface area contributed by atoms with Gasteiger partial charge >= 0.3 is 0 Å². The van der Waals surface area contributed by atoms with Gasteiger partial charge in [-0.15, -0.1) is 0 Å². The summed E-state index contributed by atoms with van der Waals surface area (Å²) in [6.45, 7) is 6.76. The van der Waals surface area contributed by atoms with E-state index in [2.05, 4.69) is 11.9 Å². The molecule has 0 saturated carbocycles. The van der Waals surface area contributed by atoms with Gasteiger partial charge in [-0.1, -0.05) is 32.4 Å². The van der Waals surface area contributed by atoms with E-state index in [9.17, 15) is 9.59 Å². The van der Waals surface area contributed by atoms with Gasteiger partial charge < -0.3 is 4.90 Å². The molecule has 138 valence electrons. The van der Waals surface area contributed by atoms with Crippen LogP contribution in [0.2, 0.25) is 0 Å². The van der Waals surface area contributed by atoms with E-state index in [0.717, 1.165) is 36.0 Å². The molecule has 0 aliphatic carbocycles. The zero-order valence-electron chi connectivity index (χ0n) is 15.9. The molecule has 1 aromatic carbocycles. The molecule has 0 saturated heterocycles. The third kappa shape index (κ3) is 3.00. The van der Waals surface area contributed by atoms with Crippen molar-refractivity contribution in [2.45, 2.75) is 46.1 Å². The summed E-state index contributed by atoms with van der Waals surface area (Å²) in [4.78, 5) is 31.1. The summed E-state index contributed by atoms with van der Waals surface area (Å²) in [6.07, 6.45) is 2.70. The Bertz CT molecular complexity index is 1000. The molecular formula is C20H26N4O2. The molecule has 1 unspecified atom stereocenters. The average Bonchev–Trinajstić information content (AvgIpc) is 2.95. The van der Waals surface area contributed by atoms with Crippen LogP contribution in [0.3, 0.4) is 0 Å². The van der Waals surface area contributed by atoms with Crippen LogP contribution in [0.1, 0.15) is 44.8 Å². The van der Waals surface area contributed by atoms with Crippen molar-refractivity contribution < 1.29 is 4.79 Å². The van der Waals surface area contributed by atoms with Crippen LogP contribution >= 0.6 is 0 Å². The van der Waals surface area contributed by atoms with Gasteiger partial charge in [0, 0.05) is 30.7 Å². The van der Waals surface area contributed by atoms with Crippen molar-refractivity contribution in [3.8, 4) is 0 Å². The first-order chi connectivity index (χ1) is 12.5. The van der Waals surface area contributed by atoms with Crippen molar-refractivity contribution in [1.29, 1.82) is 0 Å². The first kappa shape index (κ1) is 18.2. The van der Waals surface area contributed by atoms with E-state index < -0.39 is 0 Å². The Labute approximate surface area is 153 Å². The van der Waals surface area contributed by atoms with Crippen LogP contribution in [0, 0.1) is 6.92 Å². The van der Waals surface area contributed by atoms with Gasteiger partial charge in [0.05, 0.1) is 5.52 Å². The smallest absolute Gasteiger partial charge is 0.273 e. The number of rotatable bonds is 6. The number of nitrogens with zero attached hydrogens (tertiary/aromatic N) is 4. The maximum Gasteiger partial charge on any atom is 0.273 e. The molecule has 0 radical (unpaired) electrons. The standard InChI is InChI=1S/C20H26N4O2/c1-5-7-12-22(4)20(26)16(6-2)24-17-11-9-8-10-15(17)19-21-18(25)13-14(3)23(19)24/h8-11,13,16H,5-7,12H2,1-4H3. The van der Waals surface area contributed by atoms with Crippen molar-refractivity contribution in [2.75, 3.05) is 13.6 Å². The van der Waals surface area contributed by atoms with Gasteiger partial charge in [0.2, 0.25) is 5.91 Å². The number of fused-ring (bicyclic) bond motifs is 3. The number of carbonyl (C=O) groups is 1. The van der Waals surface area contributed by atoms with Gasteiger partial charge in [-0.2, -0.15) is 4.98 Å². The van der Waals surface area contributed by atoms with Gasteiger partial charge in [0.15, 0.2) is 5.65 Å². The number of carbonyl (C=O) groups excluding carboxylic acids is 1. The molecule has 3 rings (SSSR count). The molecular weight excluding hydrogens is 328 g/mol. The molecule has 6 nitrogen and oxygen atoms in total. The Hall–Kier alpha value is -2.63. The molecule has 6 heteroatoms. The Kier molecular flexibility index (Phi) is 5.11. The number of hydrogen-bond donors (Lipinski definition) is 0. The minimum atomic E-state index is -0.345. The van der Waals surface area contributed by atoms with Crippen LogP contribution in [0.25, 0.3) is 16.6 Å². The van der Waals surface area contributed by atoms with Crippen molar-refractivity contribution >= 4 is 22.5 Å². The maximum absolute atomic E-state index is 13.2. The molecule has 26 heavy (non-hydrogen) atoms. The predicted molar refractivity (Wildman–Crippen MR) is 104 cm³/mol. The van der Waals surface area contributed by atoms with E-state index >= 15 is 0 Å². The zero-order valence-corrected chi connectivity index (χ0v) is 15.9. The van der Waals surface area contributed by atoms with Crippen LogP contribution in [0.5, 0.6) is 0 Å². The monoisotopic (exact) mass is 354 g/mol. The summed E-state index contributed by atoms with van der Waals surface area (Å²) in [7, 11) is 1.86. The third-order valence-corrected chi connectivity index (χ3v) is 4.88. The first-order valence-corrected chi connectivity index (χ1v) is 9.24. The van der Waals surface area contributed by atoms with Gasteiger partial charge in [0.25, 0.3) is 5.56 Å². The first-order valence-electron chi connectivity index (χ1n) is 9.24. The number of para-hydroxylation sites is 1. The predicted octanol–water partition coefficient (Wildman–Crippen LogP) is 3.17. The van der Waals surface area contributed by atoms with E-state index in [-0.39, 0.29) is 17.5 Å². The summed E-state index contributed by atoms with van der Waals surface area (Å²) in [5.41, 5.74) is 2.04. The molecule has 0 N–H and O–H groups in total. The summed E-state index contributed by atoms with van der Waals surface area (Å²) in [6, 6.07) is 8.98. The summed E-state index contributed by atoms with van der Waals surface area (Å²) in [5, 5.41) is 0.885. The fourth-order valence-electron chi connectivity index (χ4n) is 3.53. The third-order valence-electron chi connectivity index (χ3n) is 4.88. The quantitative estimate of drug-likeness (QED) is 0.683. The second kappa shape index (κ2) is 7.32. The lowest BCUT2D eigenvalue weighted by atomic mass is 10.1. The van der Waals surface area contributed by atoms with E-state index in [1.54, 1.807) is 0 Å². The van der Waals surface area contributed by atoms with Gasteiger partial charge in [0.1, 0.15) is 6.04 Å². The lowest BCUT2D eigenvalue weighted by Gasteiger charge is -2.25. The second-order valence-corrected chi connectivity index (χ2v) is 6.77. The van der Waals surface area contributed by atoms with E-state index in [1.165, 1.54) is 6.07 Å². The van der Waals surface area contributed by atoms with Crippen LogP contribution in [0.4, 0.5) is 0 Å². The minimum Gasteiger partial charge on any atom is -0.344 e. The lowest BCUT2D eigenvalue weighted by molar-refractivity contribution is -0.133. The zero-order chi connectivity index (χ0) is 18.8. The molecule has 0 aliphatic heterocycles. The second-order valence-electron chi connectivity index (χ2n) is 6.77. The Morgan fingerprint density at radius 2 is 2.00 bits per heavy atom. The van der Waals surface area contributed by atoms with Crippen LogP contribution < -0.4 is 5.56 Å². The topological polar surface area (TPSA) is 59.6 Å². The van der Waals surface area contributed by atoms with Crippen LogP contribution in [0.15, 0.2) is 35.1 Å². The number of unbranched alkanes of at least 4 members (excludes halogenated alkanes) is 1. The van der Waals surface area contributed by atoms with Crippen molar-refractivity contribution in [3.05, 3.63) is 46.4 Å². The summed E-state index contributed by atoms with van der Waals surface area (Å²) < 4.78 is 3.91. The highest BCUT2D eigenvalue weighted by molar-refractivity contribution is 5.94. The molecule has 2 heterocycles. The highest BCUT2D eigenvalue weighted by atomic mass is 16.2. The van der Waals surface area contributed by atoms with Crippen LogP contribution in [-0.2, 0) is 4.79 Å². The summed E-state index contributed by atoms with van der Waals surface area (Å²) in [5.74, 6) is 0.0849. The van der Waals surface area contributed by atoms with Gasteiger partial charge in [-0.05, 0) is 31.9 Å². The molecule has 1 amide bonds. The van der Waals surface area contributed by atoms with E-state index in [1.807, 2.05) is 59.3 Å². The summed E-state index contributed by atoms with van der Waals surface area (Å²) >= 11 is 0. The Balaban J connectivity index is 2.24. The maximum atomic E-state index is 13.2. The Morgan fingerprint density at radius 3 is 2.69 bits per heavy atom. The molecule has 3 aromatic rings. The van der Waals surface area contributed by atoms with E-state index in [4.69, 9.17) is 0 Å². The minimum absolute atomic E-state index is 0.0849. The fraction of sp³-hybridized carbons (Fsp3) is 0.450. The normalized spacial score (nSPS) is 12.6. The number of likely N-dealkylation sites (N-methyl/N-ethyl adjacent to an activating group) is 1.